The number of oxazole rings is 1. The van der Waals surface area contributed by atoms with E-state index in [2.05, 4.69) is 46.6 Å². The number of urea groups is 1. The van der Waals surface area contributed by atoms with Crippen molar-refractivity contribution in [1.82, 2.24) is 9.88 Å². The van der Waals surface area contributed by atoms with Crippen LogP contribution in [0.15, 0.2) is 71.1 Å². The number of aromatic nitrogens is 1. The number of aryl methyl sites for hydroxylation is 1. The first kappa shape index (κ1) is 21.1. The van der Waals surface area contributed by atoms with Crippen LogP contribution < -0.4 is 10.2 Å². The van der Waals surface area contributed by atoms with Crippen molar-refractivity contribution >= 4 is 28.5 Å². The summed E-state index contributed by atoms with van der Waals surface area (Å²) in [5.41, 5.74) is 6.88. The Bertz CT molecular complexity index is 1280. The summed E-state index contributed by atoms with van der Waals surface area (Å²) in [4.78, 5) is 21.6. The van der Waals surface area contributed by atoms with Crippen LogP contribution >= 0.6 is 0 Å². The lowest BCUT2D eigenvalue weighted by atomic mass is 10.0. The Morgan fingerprint density at radius 1 is 1.03 bits per heavy atom. The molecule has 1 fully saturated rings. The molecular formula is C27H28N4O2. The van der Waals surface area contributed by atoms with Gasteiger partial charge in [-0.05, 0) is 67.3 Å². The maximum Gasteiger partial charge on any atom is 0.322 e. The van der Waals surface area contributed by atoms with Crippen LogP contribution in [0.5, 0.6) is 0 Å². The highest BCUT2D eigenvalue weighted by Gasteiger charge is 2.33. The van der Waals surface area contributed by atoms with Gasteiger partial charge >= 0.3 is 6.03 Å². The van der Waals surface area contributed by atoms with E-state index in [-0.39, 0.29) is 12.1 Å². The van der Waals surface area contributed by atoms with Crippen LogP contribution in [0.25, 0.3) is 22.2 Å². The molecule has 1 saturated heterocycles. The Balaban J connectivity index is 1.37. The molecular weight excluding hydrogens is 412 g/mol. The summed E-state index contributed by atoms with van der Waals surface area (Å²) in [5.74, 6) is 0.599. The first-order valence-electron chi connectivity index (χ1n) is 11.3. The summed E-state index contributed by atoms with van der Waals surface area (Å²) in [7, 11) is 4.07. The Labute approximate surface area is 193 Å². The molecule has 1 aliphatic heterocycles. The highest BCUT2D eigenvalue weighted by Crippen LogP contribution is 2.35. The van der Waals surface area contributed by atoms with Gasteiger partial charge in [-0.2, -0.15) is 0 Å². The number of fused-ring (bicyclic) bond motifs is 1. The quantitative estimate of drug-likeness (QED) is 0.408. The average molecular weight is 441 g/mol. The van der Waals surface area contributed by atoms with Crippen LogP contribution in [0.1, 0.15) is 30.3 Å². The zero-order valence-corrected chi connectivity index (χ0v) is 19.2. The molecule has 0 unspecified atom stereocenters. The Morgan fingerprint density at radius 2 is 1.76 bits per heavy atom. The molecule has 1 aliphatic rings. The molecule has 168 valence electrons. The fourth-order valence-electron chi connectivity index (χ4n) is 4.32. The fraction of sp³-hybridized carbons (Fsp3) is 0.259. The van der Waals surface area contributed by atoms with Crippen LogP contribution in [0.3, 0.4) is 0 Å². The van der Waals surface area contributed by atoms with Crippen molar-refractivity contribution in [2.45, 2.75) is 25.8 Å². The molecule has 2 amide bonds. The van der Waals surface area contributed by atoms with E-state index in [4.69, 9.17) is 9.40 Å². The predicted molar refractivity (Wildman–Crippen MR) is 133 cm³/mol. The Morgan fingerprint density at radius 3 is 2.48 bits per heavy atom. The summed E-state index contributed by atoms with van der Waals surface area (Å²) in [6.07, 6.45) is 1.77. The largest absolute Gasteiger partial charge is 0.438 e. The van der Waals surface area contributed by atoms with Gasteiger partial charge in [0.2, 0.25) is 5.89 Å². The molecule has 0 bridgehead atoms. The third-order valence-electron chi connectivity index (χ3n) is 6.22. The zero-order valence-electron chi connectivity index (χ0n) is 19.2. The van der Waals surface area contributed by atoms with Gasteiger partial charge in [0.1, 0.15) is 11.6 Å². The number of nitrogens with one attached hydrogen (secondary N) is 1. The third-order valence-corrected chi connectivity index (χ3v) is 6.22. The predicted octanol–water partition coefficient (Wildman–Crippen LogP) is 6.24. The highest BCUT2D eigenvalue weighted by molar-refractivity contribution is 5.90. The normalized spacial score (nSPS) is 15.7. The number of hydrogen-bond donors (Lipinski definition) is 1. The SMILES string of the molecule is Cc1ccc(NC(=O)N2CCC[C@@H]2c2nc3cc(-c4ccc(N(C)C)cc4)ccc3o2)cc1. The van der Waals surface area contributed by atoms with E-state index >= 15 is 0 Å². The Hall–Kier alpha value is -3.80. The molecule has 0 aliphatic carbocycles. The number of carbonyl (C=O) groups is 1. The first-order chi connectivity index (χ1) is 16.0. The summed E-state index contributed by atoms with van der Waals surface area (Å²) in [6.45, 7) is 2.71. The van der Waals surface area contributed by atoms with E-state index in [1.54, 1.807) is 0 Å². The van der Waals surface area contributed by atoms with Gasteiger partial charge in [0.05, 0.1) is 0 Å². The van der Waals surface area contributed by atoms with Gasteiger partial charge in [-0.1, -0.05) is 35.9 Å². The summed E-state index contributed by atoms with van der Waals surface area (Å²) >= 11 is 0. The first-order valence-corrected chi connectivity index (χ1v) is 11.3. The number of rotatable bonds is 4. The van der Waals surface area contributed by atoms with Crippen molar-refractivity contribution in [3.05, 3.63) is 78.2 Å². The average Bonchev–Trinajstić information content (AvgIpc) is 3.47. The minimum atomic E-state index is -0.161. The molecule has 1 N–H and O–H groups in total. The highest BCUT2D eigenvalue weighted by atomic mass is 16.4. The second-order valence-corrected chi connectivity index (χ2v) is 8.82. The number of amides is 2. The van der Waals surface area contributed by atoms with E-state index in [1.807, 2.05) is 56.3 Å². The van der Waals surface area contributed by atoms with Crippen molar-refractivity contribution in [2.24, 2.45) is 0 Å². The number of likely N-dealkylation sites (tertiary alicyclic amines) is 1. The number of carbonyl (C=O) groups excluding carboxylic acids is 1. The third kappa shape index (κ3) is 4.29. The van der Waals surface area contributed by atoms with Crippen molar-refractivity contribution in [1.29, 1.82) is 0 Å². The topological polar surface area (TPSA) is 61.6 Å². The van der Waals surface area contributed by atoms with E-state index in [0.29, 0.717) is 12.4 Å². The molecule has 4 aromatic rings. The second-order valence-electron chi connectivity index (χ2n) is 8.82. The van der Waals surface area contributed by atoms with Gasteiger partial charge in [0.15, 0.2) is 5.58 Å². The van der Waals surface area contributed by atoms with Crippen LogP contribution in [0.4, 0.5) is 16.2 Å². The molecule has 1 aromatic heterocycles. The van der Waals surface area contributed by atoms with E-state index in [0.717, 1.165) is 52.0 Å². The van der Waals surface area contributed by atoms with Crippen molar-refractivity contribution < 1.29 is 9.21 Å². The number of anilines is 2. The minimum absolute atomic E-state index is 0.120. The van der Waals surface area contributed by atoms with Gasteiger partial charge in [0.25, 0.3) is 0 Å². The molecule has 3 aromatic carbocycles. The minimum Gasteiger partial charge on any atom is -0.438 e. The lowest BCUT2D eigenvalue weighted by Gasteiger charge is -2.22. The van der Waals surface area contributed by atoms with Crippen LogP contribution in [-0.4, -0.2) is 36.6 Å². The van der Waals surface area contributed by atoms with Gasteiger partial charge in [-0.25, -0.2) is 9.78 Å². The zero-order chi connectivity index (χ0) is 22.9. The Kier molecular flexibility index (Phi) is 5.50. The molecule has 0 saturated carbocycles. The van der Waals surface area contributed by atoms with E-state index in [1.165, 1.54) is 0 Å². The second kappa shape index (κ2) is 8.62. The van der Waals surface area contributed by atoms with Crippen molar-refractivity contribution in [3.63, 3.8) is 0 Å². The molecule has 6 nitrogen and oxygen atoms in total. The summed E-state index contributed by atoms with van der Waals surface area (Å²) in [6, 6.07) is 22.1. The summed E-state index contributed by atoms with van der Waals surface area (Å²) < 4.78 is 6.10. The molecule has 6 heteroatoms. The van der Waals surface area contributed by atoms with Gasteiger partial charge in [-0.3, -0.25) is 0 Å². The maximum absolute atomic E-state index is 13.0. The number of nitrogens with zero attached hydrogens (tertiary/aromatic N) is 3. The van der Waals surface area contributed by atoms with E-state index in [9.17, 15) is 4.79 Å². The van der Waals surface area contributed by atoms with Gasteiger partial charge in [0, 0.05) is 32.0 Å². The smallest absolute Gasteiger partial charge is 0.322 e. The number of benzene rings is 3. The fourth-order valence-corrected chi connectivity index (χ4v) is 4.32. The lowest BCUT2D eigenvalue weighted by Crippen LogP contribution is -2.34. The molecule has 2 heterocycles. The molecule has 5 rings (SSSR count). The van der Waals surface area contributed by atoms with Gasteiger partial charge in [-0.15, -0.1) is 0 Å². The molecule has 1 atom stereocenters. The molecule has 0 radical (unpaired) electrons. The monoisotopic (exact) mass is 440 g/mol. The molecule has 33 heavy (non-hydrogen) atoms. The standard InChI is InChI=1S/C27H28N4O2/c1-18-6-11-21(12-7-18)28-27(32)31-16-4-5-24(31)26-29-23-17-20(10-15-25(23)33-26)19-8-13-22(14-9-19)30(2)3/h6-15,17,24H,4-5,16H2,1-3H3,(H,28,32)/t24-/m1/s1. The van der Waals surface area contributed by atoms with Crippen LogP contribution in [-0.2, 0) is 0 Å². The van der Waals surface area contributed by atoms with Gasteiger partial charge < -0.3 is 19.5 Å². The van der Waals surface area contributed by atoms with Crippen LogP contribution in [0, 0.1) is 6.92 Å². The van der Waals surface area contributed by atoms with Crippen LogP contribution in [0.2, 0.25) is 0 Å². The number of hydrogen-bond acceptors (Lipinski definition) is 4. The van der Waals surface area contributed by atoms with Crippen molar-refractivity contribution in [3.8, 4) is 11.1 Å². The molecule has 0 spiro atoms. The lowest BCUT2D eigenvalue weighted by molar-refractivity contribution is 0.199. The van der Waals surface area contributed by atoms with E-state index < -0.39 is 0 Å². The van der Waals surface area contributed by atoms with Crippen molar-refractivity contribution in [2.75, 3.05) is 30.9 Å². The maximum atomic E-state index is 13.0. The summed E-state index contributed by atoms with van der Waals surface area (Å²) in [5, 5.41) is 3.00.